The first-order chi connectivity index (χ1) is 19.8. The summed E-state index contributed by atoms with van der Waals surface area (Å²) in [5, 5.41) is 14.0. The van der Waals surface area contributed by atoms with E-state index in [1.165, 1.54) is 41.2 Å². The zero-order chi connectivity index (χ0) is 31.1. The molecule has 0 saturated carbocycles. The number of nitrogens with zero attached hydrogens (tertiary/aromatic N) is 2. The van der Waals surface area contributed by atoms with Crippen molar-refractivity contribution in [3.05, 3.63) is 59.2 Å². The lowest BCUT2D eigenvalue weighted by atomic mass is 10.0. The van der Waals surface area contributed by atoms with Gasteiger partial charge in [-0.2, -0.15) is 5.10 Å². The lowest BCUT2D eigenvalue weighted by Gasteiger charge is -2.31. The Labute approximate surface area is 246 Å². The monoisotopic (exact) mass is 654 g/mol. The van der Waals surface area contributed by atoms with Gasteiger partial charge in [0.1, 0.15) is 11.5 Å². The maximum atomic E-state index is 14.1. The van der Waals surface area contributed by atoms with Gasteiger partial charge >= 0.3 is 21.6 Å². The maximum Gasteiger partial charge on any atom is 0.573 e. The Morgan fingerprint density at radius 3 is 1.90 bits per heavy atom. The maximum absolute atomic E-state index is 14.1. The van der Waals surface area contributed by atoms with Gasteiger partial charge < -0.3 is 27.9 Å². The molecule has 3 rings (SSSR count). The van der Waals surface area contributed by atoms with Crippen molar-refractivity contribution in [3.8, 4) is 28.4 Å². The van der Waals surface area contributed by atoms with Gasteiger partial charge in [-0.3, -0.25) is 9.13 Å². The molecule has 0 atom stereocenters. The second-order valence-corrected chi connectivity index (χ2v) is 13.9. The number of aromatic hydroxyl groups is 1. The summed E-state index contributed by atoms with van der Waals surface area (Å²) in [4.78, 5) is 0. The van der Waals surface area contributed by atoms with Crippen molar-refractivity contribution < 1.29 is 50.2 Å². The van der Waals surface area contributed by atoms with Gasteiger partial charge in [-0.05, 0) is 70.2 Å². The van der Waals surface area contributed by atoms with Crippen LogP contribution in [-0.4, -0.2) is 53.1 Å². The van der Waals surface area contributed by atoms with Crippen LogP contribution in [0.3, 0.4) is 0 Å². The van der Waals surface area contributed by atoms with E-state index >= 15 is 0 Å². The Morgan fingerprint density at radius 2 is 1.43 bits per heavy atom. The second-order valence-electron chi connectivity index (χ2n) is 8.57. The van der Waals surface area contributed by atoms with Gasteiger partial charge in [0.25, 0.3) is 0 Å². The van der Waals surface area contributed by atoms with Crippen molar-refractivity contribution in [3.63, 3.8) is 0 Å². The number of hydrogen-bond donors (Lipinski definition) is 1. The molecule has 1 N–H and O–H groups in total. The summed E-state index contributed by atoms with van der Waals surface area (Å²) in [6, 6.07) is 9.14. The van der Waals surface area contributed by atoms with Crippen LogP contribution in [-0.2, 0) is 33.6 Å². The van der Waals surface area contributed by atoms with Crippen molar-refractivity contribution in [2.45, 2.75) is 45.9 Å². The van der Waals surface area contributed by atoms with E-state index < -0.39 is 32.7 Å². The molecule has 0 fully saturated rings. The number of hydrogen-bond acceptors (Lipinski definition) is 9. The number of benzene rings is 2. The lowest BCUT2D eigenvalue weighted by molar-refractivity contribution is -0.274. The van der Waals surface area contributed by atoms with E-state index in [4.69, 9.17) is 29.7 Å². The molecule has 0 aliphatic rings. The minimum absolute atomic E-state index is 0.0282. The Hall–Kier alpha value is -2.37. The number of ether oxygens (including phenoxy) is 1. The Morgan fingerprint density at radius 1 is 0.905 bits per heavy atom. The topological polar surface area (TPSA) is 118 Å². The van der Waals surface area contributed by atoms with E-state index in [9.17, 15) is 27.4 Å². The fourth-order valence-corrected chi connectivity index (χ4v) is 9.71. The van der Waals surface area contributed by atoms with E-state index in [0.29, 0.717) is 5.56 Å². The third-order valence-corrected chi connectivity index (χ3v) is 12.0. The summed E-state index contributed by atoms with van der Waals surface area (Å²) >= 11 is 6.25. The van der Waals surface area contributed by atoms with Crippen LogP contribution in [0.5, 0.6) is 11.5 Å². The van der Waals surface area contributed by atoms with Crippen LogP contribution in [0.25, 0.3) is 16.9 Å². The average Bonchev–Trinajstić information content (AvgIpc) is 3.32. The molecule has 42 heavy (non-hydrogen) atoms. The molecule has 0 unspecified atom stereocenters. The van der Waals surface area contributed by atoms with Crippen LogP contribution < -0.4 is 4.74 Å². The molecular formula is C26H32ClF3N2O8P2. The number of phenols is 1. The predicted octanol–water partition coefficient (Wildman–Crippen LogP) is 8.20. The van der Waals surface area contributed by atoms with Gasteiger partial charge in [0.15, 0.2) is 5.40 Å². The average molecular weight is 655 g/mol. The van der Waals surface area contributed by atoms with E-state index in [2.05, 4.69) is 9.84 Å². The van der Waals surface area contributed by atoms with Crippen LogP contribution >= 0.6 is 26.8 Å². The van der Waals surface area contributed by atoms with Gasteiger partial charge in [0, 0.05) is 22.6 Å². The highest BCUT2D eigenvalue weighted by Crippen LogP contribution is 2.71. The summed E-state index contributed by atoms with van der Waals surface area (Å²) in [5.41, 5.74) is 1.02. The van der Waals surface area contributed by atoms with Gasteiger partial charge in [-0.25, -0.2) is 4.68 Å². The molecular weight excluding hydrogens is 623 g/mol. The first-order valence-electron chi connectivity index (χ1n) is 13.0. The first kappa shape index (κ1) is 34.1. The number of phenolic OH excluding ortho intramolecular Hbond substituents is 1. The molecule has 232 valence electrons. The van der Waals surface area contributed by atoms with Crippen LogP contribution in [0.15, 0.2) is 48.7 Å². The predicted molar refractivity (Wildman–Crippen MR) is 152 cm³/mol. The zero-order valence-corrected chi connectivity index (χ0v) is 25.9. The van der Waals surface area contributed by atoms with Gasteiger partial charge in [0.2, 0.25) is 0 Å². The zero-order valence-electron chi connectivity index (χ0n) is 23.3. The number of rotatable bonds is 15. The van der Waals surface area contributed by atoms with Crippen LogP contribution in [0, 0.1) is 0 Å². The smallest absolute Gasteiger partial charge is 0.507 e. The van der Waals surface area contributed by atoms with Crippen LogP contribution in [0.2, 0.25) is 5.02 Å². The molecule has 1 aromatic heterocycles. The summed E-state index contributed by atoms with van der Waals surface area (Å²) in [5.74, 6) is -0.652. The first-order valence-corrected chi connectivity index (χ1v) is 16.6. The summed E-state index contributed by atoms with van der Waals surface area (Å²) in [7, 11) is -8.32. The molecule has 16 heteroatoms. The summed E-state index contributed by atoms with van der Waals surface area (Å²) < 4.78 is 94.0. The molecule has 0 amide bonds. The van der Waals surface area contributed by atoms with Crippen molar-refractivity contribution in [1.29, 1.82) is 0 Å². The molecule has 10 nitrogen and oxygen atoms in total. The molecule has 0 aliphatic carbocycles. The van der Waals surface area contributed by atoms with Crippen molar-refractivity contribution in [2.24, 2.45) is 0 Å². The van der Waals surface area contributed by atoms with E-state index in [1.807, 2.05) is 0 Å². The van der Waals surface area contributed by atoms with E-state index in [1.54, 1.807) is 27.7 Å². The molecule has 0 aliphatic heterocycles. The van der Waals surface area contributed by atoms with Crippen LogP contribution in [0.4, 0.5) is 13.2 Å². The second kappa shape index (κ2) is 14.4. The third kappa shape index (κ3) is 8.17. The number of halogens is 4. The highest BCUT2D eigenvalue weighted by atomic mass is 35.5. The SMILES string of the molecule is CCOP(=O)(OCC)C(Cc1cnn(-c2ccc(OC(F)(F)F)cc2)c1-c1cc(Cl)ccc1O)P(=O)(OCC)OCC. The molecule has 0 bridgehead atoms. The largest absolute Gasteiger partial charge is 0.573 e. The van der Waals surface area contributed by atoms with Gasteiger partial charge in [-0.1, -0.05) is 11.6 Å². The highest BCUT2D eigenvalue weighted by molar-refractivity contribution is 7.72. The minimum Gasteiger partial charge on any atom is -0.507 e. The van der Waals surface area contributed by atoms with Gasteiger partial charge in [-0.15, -0.1) is 13.2 Å². The quantitative estimate of drug-likeness (QED) is 0.162. The van der Waals surface area contributed by atoms with Crippen LogP contribution in [0.1, 0.15) is 33.3 Å². The number of alkyl halides is 3. The van der Waals surface area contributed by atoms with Crippen molar-refractivity contribution in [1.82, 2.24) is 9.78 Å². The molecule has 0 saturated heterocycles. The Bertz CT molecular complexity index is 1390. The standard InChI is InChI=1S/C26H32ClF3N2O8P2/c1-5-36-41(34,37-6-2)24(42(35,38-7-3)39-8-4)15-18-17-31-32(25(18)22-16-19(27)9-14-23(22)33)20-10-12-21(13-11-20)40-26(28,29)30/h9-14,16-17,24,33H,5-8,15H2,1-4H3. The molecule has 1 heterocycles. The number of aromatic nitrogens is 2. The molecule has 0 radical (unpaired) electrons. The Kier molecular flexibility index (Phi) is 11.7. The molecule has 0 spiro atoms. The minimum atomic E-state index is -4.88. The fraction of sp³-hybridized carbons (Fsp3) is 0.423. The van der Waals surface area contributed by atoms with Crippen molar-refractivity contribution >= 4 is 26.8 Å². The Balaban J connectivity index is 2.25. The third-order valence-electron chi connectivity index (χ3n) is 5.74. The highest BCUT2D eigenvalue weighted by Gasteiger charge is 2.51. The van der Waals surface area contributed by atoms with Gasteiger partial charge in [0.05, 0.1) is 44.0 Å². The molecule has 2 aromatic carbocycles. The summed E-state index contributed by atoms with van der Waals surface area (Å²) in [6.07, 6.45) is -3.77. The lowest BCUT2D eigenvalue weighted by Crippen LogP contribution is -2.20. The summed E-state index contributed by atoms with van der Waals surface area (Å²) in [6.45, 7) is 6.31. The van der Waals surface area contributed by atoms with E-state index in [0.717, 1.165) is 12.1 Å². The fourth-order valence-electron chi connectivity index (χ4n) is 4.23. The van der Waals surface area contributed by atoms with Crippen molar-refractivity contribution in [2.75, 3.05) is 26.4 Å². The molecule has 3 aromatic rings. The normalized spacial score (nSPS) is 12.7. The van der Waals surface area contributed by atoms with E-state index in [-0.39, 0.29) is 60.6 Å².